The van der Waals surface area contributed by atoms with Gasteiger partial charge in [0.2, 0.25) is 0 Å². The average Bonchev–Trinajstić information content (AvgIpc) is 3.21. The van der Waals surface area contributed by atoms with Crippen LogP contribution in [0, 0.1) is 0 Å². The molecule has 1 heterocycles. The molecule has 146 valence electrons. The van der Waals surface area contributed by atoms with Gasteiger partial charge in [-0.05, 0) is 36.6 Å². The summed E-state index contributed by atoms with van der Waals surface area (Å²) in [6, 6.07) is 26.1. The lowest BCUT2D eigenvalue weighted by molar-refractivity contribution is 0.601. The van der Waals surface area contributed by atoms with Crippen molar-refractivity contribution in [3.8, 4) is 16.9 Å². The maximum Gasteiger partial charge on any atom is 0.265 e. The van der Waals surface area contributed by atoms with Crippen LogP contribution < -0.4 is 4.72 Å². The van der Waals surface area contributed by atoms with Crippen molar-refractivity contribution in [1.82, 2.24) is 9.78 Å². The van der Waals surface area contributed by atoms with E-state index in [0.29, 0.717) is 11.4 Å². The van der Waals surface area contributed by atoms with Crippen LogP contribution in [0.15, 0.2) is 101 Å². The van der Waals surface area contributed by atoms with E-state index in [1.165, 1.54) is 0 Å². The Hall–Kier alpha value is -3.03. The number of benzene rings is 3. The van der Waals surface area contributed by atoms with E-state index in [4.69, 9.17) is 0 Å². The molecule has 0 fully saturated rings. The predicted molar refractivity (Wildman–Crippen MR) is 118 cm³/mol. The molecule has 0 saturated carbocycles. The summed E-state index contributed by atoms with van der Waals surface area (Å²) < 4.78 is 30.8. The zero-order chi connectivity index (χ0) is 20.3. The van der Waals surface area contributed by atoms with Crippen LogP contribution in [0.25, 0.3) is 16.9 Å². The van der Waals surface area contributed by atoms with E-state index in [-0.39, 0.29) is 4.90 Å². The van der Waals surface area contributed by atoms with Gasteiger partial charge in [0.25, 0.3) is 10.0 Å². The Balaban J connectivity index is 1.81. The van der Waals surface area contributed by atoms with E-state index in [9.17, 15) is 8.42 Å². The maximum atomic E-state index is 13.3. The van der Waals surface area contributed by atoms with Gasteiger partial charge in [-0.25, -0.2) is 13.1 Å². The summed E-state index contributed by atoms with van der Waals surface area (Å²) in [5.41, 5.74) is 2.45. The zero-order valence-corrected chi connectivity index (χ0v) is 17.3. The molecule has 0 atom stereocenters. The number of nitrogens with zero attached hydrogens (tertiary/aromatic N) is 2. The van der Waals surface area contributed by atoms with Crippen LogP contribution in [-0.4, -0.2) is 24.5 Å². The number of rotatable bonds is 6. The van der Waals surface area contributed by atoms with Gasteiger partial charge in [0, 0.05) is 16.1 Å². The van der Waals surface area contributed by atoms with E-state index in [0.717, 1.165) is 16.1 Å². The molecule has 1 N–H and O–H groups in total. The van der Waals surface area contributed by atoms with Gasteiger partial charge in [-0.15, -0.1) is 11.8 Å². The molecule has 0 saturated heterocycles. The van der Waals surface area contributed by atoms with Crippen LogP contribution in [0.2, 0.25) is 0 Å². The highest BCUT2D eigenvalue weighted by atomic mass is 32.2. The first-order valence-electron chi connectivity index (χ1n) is 8.94. The van der Waals surface area contributed by atoms with Crippen molar-refractivity contribution in [2.75, 3.05) is 11.0 Å². The summed E-state index contributed by atoms with van der Waals surface area (Å²) in [7, 11) is -3.85. The number of hydrogen-bond donors (Lipinski definition) is 1. The van der Waals surface area contributed by atoms with E-state index in [1.54, 1.807) is 28.7 Å². The van der Waals surface area contributed by atoms with E-state index >= 15 is 0 Å². The second kappa shape index (κ2) is 8.14. The standard InChI is InChI=1S/C22H19N3O2S2/c1-28-20-14-8-11-18(15-20)24-29(26,27)21-16-25(19-12-6-3-7-13-19)23-22(21)17-9-4-2-5-10-17/h2-16,24H,1H3. The molecule has 0 aliphatic rings. The van der Waals surface area contributed by atoms with E-state index in [1.807, 2.05) is 85.1 Å². The van der Waals surface area contributed by atoms with Gasteiger partial charge in [-0.2, -0.15) is 5.10 Å². The molecule has 4 aromatic rings. The molecule has 4 rings (SSSR count). The Morgan fingerprint density at radius 1 is 0.897 bits per heavy atom. The van der Waals surface area contributed by atoms with Crippen molar-refractivity contribution in [1.29, 1.82) is 0 Å². The van der Waals surface area contributed by atoms with Gasteiger partial charge in [0.1, 0.15) is 10.6 Å². The van der Waals surface area contributed by atoms with Crippen molar-refractivity contribution < 1.29 is 8.42 Å². The number of sulfonamides is 1. The van der Waals surface area contributed by atoms with Crippen molar-refractivity contribution in [3.05, 3.63) is 91.1 Å². The SMILES string of the molecule is CSc1cccc(NS(=O)(=O)c2cn(-c3ccccc3)nc2-c2ccccc2)c1. The highest BCUT2D eigenvalue weighted by molar-refractivity contribution is 7.98. The van der Waals surface area contributed by atoms with Crippen LogP contribution in [0.1, 0.15) is 0 Å². The summed E-state index contributed by atoms with van der Waals surface area (Å²) in [5.74, 6) is 0. The van der Waals surface area contributed by atoms with Gasteiger partial charge >= 0.3 is 0 Å². The van der Waals surface area contributed by atoms with Gasteiger partial charge in [0.15, 0.2) is 0 Å². The number of thioether (sulfide) groups is 1. The Morgan fingerprint density at radius 2 is 1.59 bits per heavy atom. The lowest BCUT2D eigenvalue weighted by Gasteiger charge is -2.09. The predicted octanol–water partition coefficient (Wildman–Crippen LogP) is 5.06. The Kier molecular flexibility index (Phi) is 5.42. The first-order chi connectivity index (χ1) is 14.1. The number of nitrogens with one attached hydrogen (secondary N) is 1. The van der Waals surface area contributed by atoms with Gasteiger partial charge in [-0.3, -0.25) is 4.72 Å². The largest absolute Gasteiger partial charge is 0.279 e. The molecule has 0 aliphatic carbocycles. The molecule has 7 heteroatoms. The summed E-state index contributed by atoms with van der Waals surface area (Å²) in [4.78, 5) is 1.11. The molecule has 0 radical (unpaired) electrons. The molecule has 0 amide bonds. The molecule has 0 aliphatic heterocycles. The van der Waals surface area contributed by atoms with Crippen molar-refractivity contribution in [3.63, 3.8) is 0 Å². The van der Waals surface area contributed by atoms with Crippen LogP contribution >= 0.6 is 11.8 Å². The summed E-state index contributed by atoms with van der Waals surface area (Å²) in [5, 5.41) is 4.59. The van der Waals surface area contributed by atoms with Gasteiger partial charge in [-0.1, -0.05) is 54.6 Å². The molecule has 1 aromatic heterocycles. The summed E-state index contributed by atoms with van der Waals surface area (Å²) in [6.07, 6.45) is 3.50. The lowest BCUT2D eigenvalue weighted by Crippen LogP contribution is -2.13. The summed E-state index contributed by atoms with van der Waals surface area (Å²) >= 11 is 1.55. The highest BCUT2D eigenvalue weighted by Crippen LogP contribution is 2.29. The maximum absolute atomic E-state index is 13.3. The molecular formula is C22H19N3O2S2. The third-order valence-electron chi connectivity index (χ3n) is 4.36. The normalized spacial score (nSPS) is 11.3. The van der Waals surface area contributed by atoms with Crippen molar-refractivity contribution in [2.45, 2.75) is 9.79 Å². The fourth-order valence-corrected chi connectivity index (χ4v) is 4.62. The number of para-hydroxylation sites is 1. The smallest absolute Gasteiger partial charge is 0.265 e. The van der Waals surface area contributed by atoms with Crippen LogP contribution in [0.4, 0.5) is 5.69 Å². The highest BCUT2D eigenvalue weighted by Gasteiger charge is 2.24. The van der Waals surface area contributed by atoms with Crippen LogP contribution in [0.5, 0.6) is 0 Å². The fraction of sp³-hybridized carbons (Fsp3) is 0.0455. The minimum absolute atomic E-state index is 0.127. The second-order valence-corrected chi connectivity index (χ2v) is 8.86. The first kappa shape index (κ1) is 19.3. The third kappa shape index (κ3) is 4.21. The topological polar surface area (TPSA) is 64.0 Å². The molecule has 5 nitrogen and oxygen atoms in total. The van der Waals surface area contributed by atoms with Crippen molar-refractivity contribution in [2.24, 2.45) is 0 Å². The van der Waals surface area contributed by atoms with E-state index < -0.39 is 10.0 Å². The lowest BCUT2D eigenvalue weighted by atomic mass is 10.2. The summed E-state index contributed by atoms with van der Waals surface area (Å²) in [6.45, 7) is 0. The third-order valence-corrected chi connectivity index (χ3v) is 6.47. The number of hydrogen-bond acceptors (Lipinski definition) is 4. The monoisotopic (exact) mass is 421 g/mol. The number of aromatic nitrogens is 2. The molecule has 3 aromatic carbocycles. The average molecular weight is 422 g/mol. The molecular weight excluding hydrogens is 402 g/mol. The Labute approximate surface area is 174 Å². The quantitative estimate of drug-likeness (QED) is 0.442. The van der Waals surface area contributed by atoms with Gasteiger partial charge < -0.3 is 0 Å². The van der Waals surface area contributed by atoms with Gasteiger partial charge in [0.05, 0.1) is 11.9 Å². The molecule has 29 heavy (non-hydrogen) atoms. The minimum atomic E-state index is -3.85. The fourth-order valence-electron chi connectivity index (χ4n) is 2.96. The molecule has 0 bridgehead atoms. The molecule has 0 spiro atoms. The second-order valence-electron chi connectivity index (χ2n) is 6.33. The van der Waals surface area contributed by atoms with Crippen molar-refractivity contribution >= 4 is 27.5 Å². The number of anilines is 1. The Morgan fingerprint density at radius 3 is 2.28 bits per heavy atom. The minimum Gasteiger partial charge on any atom is -0.279 e. The molecule has 0 unspecified atom stereocenters. The zero-order valence-electron chi connectivity index (χ0n) is 15.7. The van der Waals surface area contributed by atoms with E-state index in [2.05, 4.69) is 9.82 Å². The van der Waals surface area contributed by atoms with Crippen LogP contribution in [0.3, 0.4) is 0 Å². The van der Waals surface area contributed by atoms with Crippen LogP contribution in [-0.2, 0) is 10.0 Å². The Bertz CT molecular complexity index is 1220. The first-order valence-corrected chi connectivity index (χ1v) is 11.6.